The Hall–Kier alpha value is -0.500. The van der Waals surface area contributed by atoms with E-state index in [2.05, 4.69) is 40.7 Å². The van der Waals surface area contributed by atoms with Crippen molar-refractivity contribution < 1.29 is 4.74 Å². The zero-order chi connectivity index (χ0) is 11.4. The summed E-state index contributed by atoms with van der Waals surface area (Å²) in [4.78, 5) is 2.83. The third-order valence-corrected chi connectivity index (χ3v) is 4.02. The van der Waals surface area contributed by atoms with Crippen LogP contribution >= 0.6 is 11.3 Å². The Bertz CT molecular complexity index is 299. The van der Waals surface area contributed by atoms with Crippen LogP contribution in [0, 0.1) is 0 Å². The maximum Gasteiger partial charge on any atom is 0.133 e. The molecule has 0 aromatic carbocycles. The number of ether oxygens (including phenoxy) is 1. The Kier molecular flexibility index (Phi) is 4.65. The minimum Gasteiger partial charge on any atom is -0.492 e. The van der Waals surface area contributed by atoms with Crippen LogP contribution in [-0.4, -0.2) is 6.61 Å². The highest BCUT2D eigenvalue weighted by Gasteiger charge is 2.14. The van der Waals surface area contributed by atoms with E-state index in [1.54, 1.807) is 0 Å². The van der Waals surface area contributed by atoms with Gasteiger partial charge < -0.3 is 4.74 Å². The van der Waals surface area contributed by atoms with Crippen LogP contribution in [-0.2, 0) is 0 Å². The van der Waals surface area contributed by atoms with Crippen LogP contribution < -0.4 is 4.74 Å². The van der Waals surface area contributed by atoms with E-state index >= 15 is 0 Å². The summed E-state index contributed by atoms with van der Waals surface area (Å²) < 4.78 is 5.79. The fourth-order valence-corrected chi connectivity index (χ4v) is 2.53. The van der Waals surface area contributed by atoms with Gasteiger partial charge in [-0.15, -0.1) is 11.3 Å². The van der Waals surface area contributed by atoms with Gasteiger partial charge in [-0.3, -0.25) is 0 Å². The van der Waals surface area contributed by atoms with E-state index < -0.39 is 0 Å². The quantitative estimate of drug-likeness (QED) is 0.702. The van der Waals surface area contributed by atoms with Crippen molar-refractivity contribution in [3.05, 3.63) is 15.8 Å². The van der Waals surface area contributed by atoms with Gasteiger partial charge in [0, 0.05) is 9.75 Å². The van der Waals surface area contributed by atoms with E-state index in [-0.39, 0.29) is 0 Å². The van der Waals surface area contributed by atoms with Gasteiger partial charge >= 0.3 is 0 Å². The van der Waals surface area contributed by atoms with E-state index in [0.29, 0.717) is 11.8 Å². The zero-order valence-electron chi connectivity index (χ0n) is 10.5. The summed E-state index contributed by atoms with van der Waals surface area (Å²) in [6.45, 7) is 11.9. The van der Waals surface area contributed by atoms with Crippen LogP contribution in [0.3, 0.4) is 0 Å². The van der Waals surface area contributed by atoms with Gasteiger partial charge in [0.2, 0.25) is 0 Å². The second-order valence-corrected chi connectivity index (χ2v) is 5.65. The SMILES string of the molecule is CCCOc1cc(C(C)C)sc1C(C)C. The molecule has 0 atom stereocenters. The molecular weight excluding hydrogens is 204 g/mol. The Labute approximate surface area is 97.5 Å². The molecule has 0 aliphatic carbocycles. The molecule has 1 rings (SSSR count). The van der Waals surface area contributed by atoms with E-state index in [9.17, 15) is 0 Å². The maximum absolute atomic E-state index is 5.79. The number of hydrogen-bond donors (Lipinski definition) is 0. The molecule has 0 aliphatic rings. The van der Waals surface area contributed by atoms with Gasteiger partial charge in [0.1, 0.15) is 5.75 Å². The van der Waals surface area contributed by atoms with Crippen LogP contribution in [0.25, 0.3) is 0 Å². The van der Waals surface area contributed by atoms with Crippen molar-refractivity contribution in [1.82, 2.24) is 0 Å². The molecular formula is C13H22OS. The zero-order valence-corrected chi connectivity index (χ0v) is 11.3. The predicted octanol–water partition coefficient (Wildman–Crippen LogP) is 4.78. The molecule has 0 aliphatic heterocycles. The molecule has 0 saturated carbocycles. The molecule has 0 N–H and O–H groups in total. The van der Waals surface area contributed by atoms with Crippen molar-refractivity contribution >= 4 is 11.3 Å². The minimum atomic E-state index is 0.564. The molecule has 15 heavy (non-hydrogen) atoms. The highest BCUT2D eigenvalue weighted by molar-refractivity contribution is 7.12. The van der Waals surface area contributed by atoms with Crippen LogP contribution in [0.1, 0.15) is 62.6 Å². The minimum absolute atomic E-state index is 0.564. The first-order valence-corrected chi connectivity index (χ1v) is 6.64. The highest BCUT2D eigenvalue weighted by Crippen LogP contribution is 2.38. The van der Waals surface area contributed by atoms with E-state index in [1.807, 2.05) is 11.3 Å². The van der Waals surface area contributed by atoms with Crippen molar-refractivity contribution in [1.29, 1.82) is 0 Å². The van der Waals surface area contributed by atoms with Crippen LogP contribution in [0.15, 0.2) is 6.07 Å². The first-order chi connectivity index (χ1) is 7.06. The summed E-state index contributed by atoms with van der Waals surface area (Å²) in [5.74, 6) is 2.28. The summed E-state index contributed by atoms with van der Waals surface area (Å²) in [5.41, 5.74) is 0. The molecule has 1 heterocycles. The first kappa shape index (κ1) is 12.6. The molecule has 0 saturated heterocycles. The molecule has 0 bridgehead atoms. The highest BCUT2D eigenvalue weighted by atomic mass is 32.1. The summed E-state index contributed by atoms with van der Waals surface area (Å²) in [6, 6.07) is 2.22. The van der Waals surface area contributed by atoms with Gasteiger partial charge in [-0.05, 0) is 24.3 Å². The molecule has 2 heteroatoms. The Morgan fingerprint density at radius 3 is 2.33 bits per heavy atom. The molecule has 0 fully saturated rings. The van der Waals surface area contributed by atoms with Gasteiger partial charge in [-0.2, -0.15) is 0 Å². The Balaban J connectivity index is 2.90. The fraction of sp³-hybridized carbons (Fsp3) is 0.692. The van der Waals surface area contributed by atoms with Gasteiger partial charge in [-0.1, -0.05) is 34.6 Å². The smallest absolute Gasteiger partial charge is 0.133 e. The normalized spacial score (nSPS) is 11.4. The average Bonchev–Trinajstić information content (AvgIpc) is 2.58. The van der Waals surface area contributed by atoms with Crippen molar-refractivity contribution in [2.24, 2.45) is 0 Å². The number of rotatable bonds is 5. The lowest BCUT2D eigenvalue weighted by atomic mass is 10.1. The van der Waals surface area contributed by atoms with E-state index in [1.165, 1.54) is 9.75 Å². The lowest BCUT2D eigenvalue weighted by molar-refractivity contribution is 0.314. The predicted molar refractivity (Wildman–Crippen MR) is 68.3 cm³/mol. The molecule has 1 aromatic heterocycles. The monoisotopic (exact) mass is 226 g/mol. The lowest BCUT2D eigenvalue weighted by Gasteiger charge is -2.07. The first-order valence-electron chi connectivity index (χ1n) is 5.82. The van der Waals surface area contributed by atoms with E-state index in [4.69, 9.17) is 4.74 Å². The van der Waals surface area contributed by atoms with Crippen molar-refractivity contribution in [3.8, 4) is 5.75 Å². The number of hydrogen-bond acceptors (Lipinski definition) is 2. The molecule has 1 aromatic rings. The topological polar surface area (TPSA) is 9.23 Å². The molecule has 0 spiro atoms. The standard InChI is InChI=1S/C13H22OS/c1-6-7-14-11-8-12(9(2)3)15-13(11)10(4)5/h8-10H,6-7H2,1-5H3. The van der Waals surface area contributed by atoms with Crippen molar-refractivity contribution in [2.75, 3.05) is 6.61 Å². The average molecular weight is 226 g/mol. The number of thiophene rings is 1. The summed E-state index contributed by atoms with van der Waals surface area (Å²) in [5, 5.41) is 0. The van der Waals surface area contributed by atoms with Gasteiger partial charge in [0.05, 0.1) is 6.61 Å². The van der Waals surface area contributed by atoms with Gasteiger partial charge in [0.15, 0.2) is 0 Å². The molecule has 0 radical (unpaired) electrons. The molecule has 86 valence electrons. The molecule has 0 amide bonds. The second-order valence-electron chi connectivity index (χ2n) is 4.54. The second kappa shape index (κ2) is 5.55. The largest absolute Gasteiger partial charge is 0.492 e. The maximum atomic E-state index is 5.79. The lowest BCUT2D eigenvalue weighted by Crippen LogP contribution is -1.96. The fourth-order valence-electron chi connectivity index (χ4n) is 1.42. The third-order valence-electron chi connectivity index (χ3n) is 2.30. The summed E-state index contributed by atoms with van der Waals surface area (Å²) in [7, 11) is 0. The Morgan fingerprint density at radius 1 is 1.20 bits per heavy atom. The van der Waals surface area contributed by atoms with Crippen LogP contribution in [0.2, 0.25) is 0 Å². The third kappa shape index (κ3) is 3.23. The van der Waals surface area contributed by atoms with Gasteiger partial charge in [-0.25, -0.2) is 0 Å². The van der Waals surface area contributed by atoms with Crippen LogP contribution in [0.5, 0.6) is 5.75 Å². The molecule has 0 unspecified atom stereocenters. The molecule has 1 nitrogen and oxygen atoms in total. The summed E-state index contributed by atoms with van der Waals surface area (Å²) in [6.07, 6.45) is 1.07. The Morgan fingerprint density at radius 2 is 1.87 bits per heavy atom. The van der Waals surface area contributed by atoms with E-state index in [0.717, 1.165) is 18.8 Å². The van der Waals surface area contributed by atoms with Crippen molar-refractivity contribution in [3.63, 3.8) is 0 Å². The van der Waals surface area contributed by atoms with Gasteiger partial charge in [0.25, 0.3) is 0 Å². The van der Waals surface area contributed by atoms with Crippen molar-refractivity contribution in [2.45, 2.75) is 52.9 Å². The van der Waals surface area contributed by atoms with Crippen LogP contribution in [0.4, 0.5) is 0 Å². The summed E-state index contributed by atoms with van der Waals surface area (Å²) >= 11 is 1.90.